The molecule has 1 unspecified atom stereocenters. The minimum absolute atomic E-state index is 0.118. The van der Waals surface area contributed by atoms with Crippen LogP contribution >= 0.6 is 0 Å². The molecule has 0 N–H and O–H groups in total. The first-order valence-electron chi connectivity index (χ1n) is 9.93. The fourth-order valence-electron chi connectivity index (χ4n) is 4.18. The fraction of sp³-hybridized carbons (Fsp3) is 0.500. The van der Waals surface area contributed by atoms with Crippen LogP contribution in [0.15, 0.2) is 35.3 Å². The van der Waals surface area contributed by atoms with Crippen molar-refractivity contribution >= 4 is 5.91 Å². The van der Waals surface area contributed by atoms with Crippen LogP contribution in [0, 0.1) is 6.92 Å². The number of rotatable bonds is 5. The average molecular weight is 367 g/mol. The third kappa shape index (κ3) is 4.12. The molecule has 2 aromatic heterocycles. The molecule has 0 saturated carbocycles. The molecule has 1 aliphatic rings. The number of likely N-dealkylation sites (tertiary alicyclic amines) is 1. The molecule has 3 rings (SSSR count). The van der Waals surface area contributed by atoms with Gasteiger partial charge in [0.05, 0.1) is 0 Å². The van der Waals surface area contributed by atoms with Gasteiger partial charge in [-0.25, -0.2) is 0 Å². The van der Waals surface area contributed by atoms with E-state index in [0.717, 1.165) is 62.0 Å². The van der Waals surface area contributed by atoms with Crippen molar-refractivity contribution in [2.75, 3.05) is 6.54 Å². The van der Waals surface area contributed by atoms with E-state index in [2.05, 4.69) is 4.98 Å². The third-order valence-electron chi connectivity index (χ3n) is 5.67. The Morgan fingerprint density at radius 1 is 1.30 bits per heavy atom. The fourth-order valence-corrected chi connectivity index (χ4v) is 4.18. The Bertz CT molecular complexity index is 858. The van der Waals surface area contributed by atoms with E-state index >= 15 is 0 Å². The van der Waals surface area contributed by atoms with Crippen LogP contribution in [-0.2, 0) is 19.9 Å². The quantitative estimate of drug-likeness (QED) is 0.815. The standard InChI is InChI=1S/C22H29N3O2/c1-4-20-16(2)15-19(21(26)24(20)3)22(27)25-14-8-6-10-18(25)12-11-17-9-5-7-13-23-17/h5,7,9,13,15,18H,4,6,8,10-12,14H2,1-3H3. The molecule has 144 valence electrons. The minimum Gasteiger partial charge on any atom is -0.335 e. The van der Waals surface area contributed by atoms with Crippen molar-refractivity contribution in [2.24, 2.45) is 7.05 Å². The molecule has 1 atom stereocenters. The molecule has 0 radical (unpaired) electrons. The second kappa shape index (κ2) is 8.51. The van der Waals surface area contributed by atoms with Gasteiger partial charge in [0.25, 0.3) is 11.5 Å². The van der Waals surface area contributed by atoms with Gasteiger partial charge in [-0.15, -0.1) is 0 Å². The summed E-state index contributed by atoms with van der Waals surface area (Å²) in [4.78, 5) is 32.3. The number of aromatic nitrogens is 2. The molecule has 0 aromatic carbocycles. The van der Waals surface area contributed by atoms with Gasteiger partial charge in [0.1, 0.15) is 5.56 Å². The highest BCUT2D eigenvalue weighted by molar-refractivity contribution is 5.94. The molecule has 0 spiro atoms. The van der Waals surface area contributed by atoms with Crippen molar-refractivity contribution in [3.63, 3.8) is 0 Å². The summed E-state index contributed by atoms with van der Waals surface area (Å²) in [6, 6.07) is 7.89. The van der Waals surface area contributed by atoms with Crippen molar-refractivity contribution in [3.05, 3.63) is 63.3 Å². The lowest BCUT2D eigenvalue weighted by Crippen LogP contribution is -2.46. The number of amides is 1. The minimum atomic E-state index is -0.184. The molecule has 5 heteroatoms. The maximum absolute atomic E-state index is 13.2. The van der Waals surface area contributed by atoms with E-state index in [1.807, 2.05) is 36.9 Å². The highest BCUT2D eigenvalue weighted by Crippen LogP contribution is 2.23. The monoisotopic (exact) mass is 367 g/mol. The topological polar surface area (TPSA) is 55.2 Å². The normalized spacial score (nSPS) is 17.1. The Hall–Kier alpha value is -2.43. The number of hydrogen-bond acceptors (Lipinski definition) is 3. The average Bonchev–Trinajstić information content (AvgIpc) is 2.70. The molecule has 2 aromatic rings. The Kier molecular flexibility index (Phi) is 6.09. The summed E-state index contributed by atoms with van der Waals surface area (Å²) in [5, 5.41) is 0. The highest BCUT2D eigenvalue weighted by Gasteiger charge is 2.29. The van der Waals surface area contributed by atoms with Gasteiger partial charge in [0, 0.05) is 37.2 Å². The van der Waals surface area contributed by atoms with E-state index in [4.69, 9.17) is 0 Å². The predicted molar refractivity (Wildman–Crippen MR) is 107 cm³/mol. The van der Waals surface area contributed by atoms with E-state index in [1.165, 1.54) is 0 Å². The number of aryl methyl sites for hydroxylation is 2. The number of carbonyl (C=O) groups is 1. The zero-order valence-electron chi connectivity index (χ0n) is 16.6. The molecule has 1 amide bonds. The number of hydrogen-bond donors (Lipinski definition) is 0. The summed E-state index contributed by atoms with van der Waals surface area (Å²) < 4.78 is 1.63. The Morgan fingerprint density at radius 3 is 2.81 bits per heavy atom. The largest absolute Gasteiger partial charge is 0.335 e. The molecule has 0 bridgehead atoms. The second-order valence-corrected chi connectivity index (χ2v) is 7.41. The van der Waals surface area contributed by atoms with Gasteiger partial charge in [0.15, 0.2) is 0 Å². The first kappa shape index (κ1) is 19.3. The number of piperidine rings is 1. The van der Waals surface area contributed by atoms with E-state index in [1.54, 1.807) is 23.9 Å². The lowest BCUT2D eigenvalue weighted by Gasteiger charge is -2.36. The summed E-state index contributed by atoms with van der Waals surface area (Å²) in [6.45, 7) is 4.73. The van der Waals surface area contributed by atoms with Crippen molar-refractivity contribution in [1.29, 1.82) is 0 Å². The molecule has 1 saturated heterocycles. The van der Waals surface area contributed by atoms with Crippen LogP contribution in [0.25, 0.3) is 0 Å². The number of pyridine rings is 2. The number of nitrogens with zero attached hydrogens (tertiary/aromatic N) is 3. The summed E-state index contributed by atoms with van der Waals surface area (Å²) in [5.41, 5.74) is 3.16. The molecular formula is C22H29N3O2. The Balaban J connectivity index is 1.82. The molecule has 1 fully saturated rings. The molecule has 5 nitrogen and oxygen atoms in total. The van der Waals surface area contributed by atoms with Gasteiger partial charge in [0.2, 0.25) is 0 Å². The van der Waals surface area contributed by atoms with Gasteiger partial charge in [-0.1, -0.05) is 13.0 Å². The summed E-state index contributed by atoms with van der Waals surface area (Å²) >= 11 is 0. The van der Waals surface area contributed by atoms with Gasteiger partial charge in [-0.3, -0.25) is 14.6 Å². The van der Waals surface area contributed by atoms with Crippen molar-refractivity contribution in [2.45, 2.75) is 58.4 Å². The van der Waals surface area contributed by atoms with Crippen molar-refractivity contribution < 1.29 is 4.79 Å². The smallest absolute Gasteiger partial charge is 0.263 e. The van der Waals surface area contributed by atoms with Crippen LogP contribution in [-0.4, -0.2) is 32.9 Å². The Morgan fingerprint density at radius 2 is 2.11 bits per heavy atom. The van der Waals surface area contributed by atoms with Gasteiger partial charge in [-0.2, -0.15) is 0 Å². The number of carbonyl (C=O) groups excluding carboxylic acids is 1. The SMILES string of the molecule is CCc1c(C)cc(C(=O)N2CCCCC2CCc2ccccn2)c(=O)n1C. The Labute approximate surface area is 161 Å². The van der Waals surface area contributed by atoms with Gasteiger partial charge in [-0.05, 0) is 69.2 Å². The van der Waals surface area contributed by atoms with Crippen LogP contribution in [0.1, 0.15) is 59.9 Å². The highest BCUT2D eigenvalue weighted by atomic mass is 16.2. The maximum atomic E-state index is 13.2. The van der Waals surface area contributed by atoms with E-state index in [-0.39, 0.29) is 17.5 Å². The van der Waals surface area contributed by atoms with E-state index in [9.17, 15) is 9.59 Å². The maximum Gasteiger partial charge on any atom is 0.263 e. The molecule has 27 heavy (non-hydrogen) atoms. The second-order valence-electron chi connectivity index (χ2n) is 7.41. The lowest BCUT2D eigenvalue weighted by atomic mass is 9.96. The summed E-state index contributed by atoms with van der Waals surface area (Å²) in [6.07, 6.45) is 7.44. The third-order valence-corrected chi connectivity index (χ3v) is 5.67. The first-order chi connectivity index (χ1) is 13.0. The first-order valence-corrected chi connectivity index (χ1v) is 9.93. The molecular weight excluding hydrogens is 338 g/mol. The molecule has 0 aliphatic carbocycles. The summed E-state index contributed by atoms with van der Waals surface area (Å²) in [5.74, 6) is -0.118. The van der Waals surface area contributed by atoms with Crippen LogP contribution < -0.4 is 5.56 Å². The zero-order valence-corrected chi connectivity index (χ0v) is 16.6. The van der Waals surface area contributed by atoms with Crippen LogP contribution in [0.3, 0.4) is 0 Å². The van der Waals surface area contributed by atoms with Crippen LogP contribution in [0.5, 0.6) is 0 Å². The van der Waals surface area contributed by atoms with E-state index < -0.39 is 0 Å². The van der Waals surface area contributed by atoms with Gasteiger partial charge < -0.3 is 9.47 Å². The predicted octanol–water partition coefficient (Wildman–Crippen LogP) is 3.28. The van der Waals surface area contributed by atoms with Crippen LogP contribution in [0.2, 0.25) is 0 Å². The van der Waals surface area contributed by atoms with Crippen LogP contribution in [0.4, 0.5) is 0 Å². The lowest BCUT2D eigenvalue weighted by molar-refractivity contribution is 0.0599. The zero-order chi connectivity index (χ0) is 19.4. The van der Waals surface area contributed by atoms with E-state index in [0.29, 0.717) is 5.56 Å². The summed E-state index contributed by atoms with van der Waals surface area (Å²) in [7, 11) is 1.76. The van der Waals surface area contributed by atoms with Gasteiger partial charge >= 0.3 is 0 Å². The molecule has 3 heterocycles. The van der Waals surface area contributed by atoms with Crippen molar-refractivity contribution in [1.82, 2.24) is 14.5 Å². The van der Waals surface area contributed by atoms with Crippen molar-refractivity contribution in [3.8, 4) is 0 Å². The molecule has 1 aliphatic heterocycles.